The van der Waals surface area contributed by atoms with Crippen molar-refractivity contribution in [2.45, 2.75) is 6.29 Å². The van der Waals surface area contributed by atoms with E-state index in [1.165, 1.54) is 0 Å². The highest BCUT2D eigenvalue weighted by Crippen LogP contribution is 2.26. The summed E-state index contributed by atoms with van der Waals surface area (Å²) in [5.41, 5.74) is 0. The first-order valence-corrected chi connectivity index (χ1v) is 7.04. The smallest absolute Gasteiger partial charge is 0.305 e. The first-order chi connectivity index (χ1) is 10.7. The molecule has 0 aliphatic heterocycles. The third-order valence-corrected chi connectivity index (χ3v) is 3.12. The van der Waals surface area contributed by atoms with Crippen LogP contribution in [0, 0.1) is 0 Å². The van der Waals surface area contributed by atoms with Crippen LogP contribution in [-0.4, -0.2) is 20.6 Å². The van der Waals surface area contributed by atoms with Gasteiger partial charge >= 0.3 is 6.29 Å². The molecule has 0 aliphatic carbocycles. The number of halogens is 2. The van der Waals surface area contributed by atoms with Crippen LogP contribution in [-0.2, 0) is 0 Å². The van der Waals surface area contributed by atoms with E-state index < -0.39 is 6.29 Å². The molecule has 6 nitrogen and oxygen atoms in total. The van der Waals surface area contributed by atoms with E-state index in [-0.39, 0.29) is 5.82 Å². The average Bonchev–Trinajstić information content (AvgIpc) is 3.01. The van der Waals surface area contributed by atoms with Gasteiger partial charge in [-0.1, -0.05) is 35.3 Å². The van der Waals surface area contributed by atoms with Crippen LogP contribution in [0.5, 0.6) is 11.5 Å². The third-order valence-electron chi connectivity index (χ3n) is 2.65. The Morgan fingerprint density at radius 3 is 1.95 bits per heavy atom. The number of nitrogens with zero attached hydrogens (tertiary/aromatic N) is 3. The minimum absolute atomic E-state index is 0.250. The maximum atomic E-state index is 5.95. The van der Waals surface area contributed by atoms with E-state index >= 15 is 0 Å². The Balaban J connectivity index is 1.84. The normalized spacial score (nSPS) is 10.7. The van der Waals surface area contributed by atoms with E-state index in [0.29, 0.717) is 21.5 Å². The molecule has 0 saturated carbocycles. The van der Waals surface area contributed by atoms with Gasteiger partial charge in [-0.15, -0.1) is 10.2 Å². The van der Waals surface area contributed by atoms with Crippen LogP contribution >= 0.6 is 23.2 Å². The predicted octanol–water partition coefficient (Wildman–Crippen LogP) is 3.66. The van der Waals surface area contributed by atoms with Crippen LogP contribution in [0.1, 0.15) is 12.1 Å². The number of hydrogen-bond donors (Lipinski definition) is 1. The van der Waals surface area contributed by atoms with Gasteiger partial charge in [-0.3, -0.25) is 0 Å². The fraction of sp³-hybridized carbons (Fsp3) is 0.0714. The van der Waals surface area contributed by atoms with Gasteiger partial charge in [0.2, 0.25) is 0 Å². The number of ether oxygens (including phenoxy) is 2. The molecule has 3 aromatic rings. The molecule has 0 saturated heterocycles. The molecule has 1 aromatic heterocycles. The van der Waals surface area contributed by atoms with Gasteiger partial charge in [-0.05, 0) is 41.6 Å². The van der Waals surface area contributed by atoms with E-state index in [1.54, 1.807) is 48.5 Å². The second-order valence-corrected chi connectivity index (χ2v) is 5.13. The Labute approximate surface area is 136 Å². The lowest BCUT2D eigenvalue weighted by Crippen LogP contribution is -2.16. The molecule has 0 fully saturated rings. The largest absolute Gasteiger partial charge is 0.447 e. The molecule has 2 aromatic carbocycles. The highest BCUT2D eigenvalue weighted by Gasteiger charge is 2.20. The van der Waals surface area contributed by atoms with Crippen molar-refractivity contribution in [3.05, 3.63) is 64.4 Å². The van der Waals surface area contributed by atoms with Crippen molar-refractivity contribution in [2.24, 2.45) is 0 Å². The summed E-state index contributed by atoms with van der Waals surface area (Å²) in [4.78, 5) is 0. The summed E-state index contributed by atoms with van der Waals surface area (Å²) >= 11 is 11.9. The molecule has 112 valence electrons. The summed E-state index contributed by atoms with van der Waals surface area (Å²) in [5, 5.41) is 14.8. The molecule has 0 radical (unpaired) electrons. The van der Waals surface area contributed by atoms with Crippen molar-refractivity contribution < 1.29 is 9.47 Å². The summed E-state index contributed by atoms with van der Waals surface area (Å²) in [7, 11) is 0. The van der Waals surface area contributed by atoms with Gasteiger partial charge in [0.1, 0.15) is 11.5 Å². The molecule has 0 amide bonds. The van der Waals surface area contributed by atoms with E-state index in [4.69, 9.17) is 32.7 Å². The van der Waals surface area contributed by atoms with Gasteiger partial charge in [0.05, 0.1) is 0 Å². The lowest BCUT2D eigenvalue weighted by Gasteiger charge is -2.17. The summed E-state index contributed by atoms with van der Waals surface area (Å²) in [6.07, 6.45) is -0.893. The zero-order chi connectivity index (χ0) is 15.4. The number of aromatic amines is 1. The van der Waals surface area contributed by atoms with E-state index in [1.807, 2.05) is 0 Å². The molecule has 0 aliphatic rings. The van der Waals surface area contributed by atoms with Crippen LogP contribution in [0.3, 0.4) is 0 Å². The zero-order valence-corrected chi connectivity index (χ0v) is 12.6. The van der Waals surface area contributed by atoms with E-state index in [2.05, 4.69) is 20.6 Å². The molecule has 0 spiro atoms. The topological polar surface area (TPSA) is 72.9 Å². The molecular weight excluding hydrogens is 327 g/mol. The SMILES string of the molecule is Clc1cccc(OC(Oc2cccc(Cl)c2)c2nn[nH]n2)c1. The average molecular weight is 337 g/mol. The van der Waals surface area contributed by atoms with Gasteiger partial charge in [-0.2, -0.15) is 5.21 Å². The second-order valence-electron chi connectivity index (χ2n) is 4.25. The van der Waals surface area contributed by atoms with Crippen molar-refractivity contribution in [2.75, 3.05) is 0 Å². The standard InChI is InChI=1S/C14H10Cl2N4O2/c15-9-3-1-5-11(7-9)21-14(13-17-19-20-18-13)22-12-6-2-4-10(16)8-12/h1-8,14H,(H,17,18,19,20). The molecule has 8 heteroatoms. The molecule has 1 heterocycles. The van der Waals surface area contributed by atoms with Gasteiger partial charge in [-0.25, -0.2) is 0 Å². The first kappa shape index (κ1) is 14.6. The minimum atomic E-state index is -0.893. The molecule has 0 atom stereocenters. The fourth-order valence-corrected chi connectivity index (χ4v) is 2.09. The lowest BCUT2D eigenvalue weighted by atomic mass is 10.3. The highest BCUT2D eigenvalue weighted by atomic mass is 35.5. The number of rotatable bonds is 5. The Kier molecular flexibility index (Phi) is 4.41. The number of aromatic nitrogens is 4. The van der Waals surface area contributed by atoms with Gasteiger partial charge in [0, 0.05) is 10.0 Å². The number of benzene rings is 2. The van der Waals surface area contributed by atoms with Crippen LogP contribution in [0.25, 0.3) is 0 Å². The molecule has 1 N–H and O–H groups in total. The van der Waals surface area contributed by atoms with Crippen LogP contribution in [0.15, 0.2) is 48.5 Å². The van der Waals surface area contributed by atoms with Gasteiger partial charge in [0.15, 0.2) is 0 Å². The highest BCUT2D eigenvalue weighted by molar-refractivity contribution is 6.31. The fourth-order valence-electron chi connectivity index (χ4n) is 1.73. The summed E-state index contributed by atoms with van der Waals surface area (Å²) in [6, 6.07) is 13.9. The lowest BCUT2D eigenvalue weighted by molar-refractivity contribution is -0.00337. The quantitative estimate of drug-likeness (QED) is 0.719. The second kappa shape index (κ2) is 6.64. The van der Waals surface area contributed by atoms with Crippen molar-refractivity contribution in [1.82, 2.24) is 20.6 Å². The number of H-pyrrole nitrogens is 1. The Morgan fingerprint density at radius 2 is 1.50 bits per heavy atom. The van der Waals surface area contributed by atoms with Crippen molar-refractivity contribution in [1.29, 1.82) is 0 Å². The Morgan fingerprint density at radius 1 is 0.909 bits per heavy atom. The van der Waals surface area contributed by atoms with Crippen molar-refractivity contribution >= 4 is 23.2 Å². The summed E-state index contributed by atoms with van der Waals surface area (Å²) in [5.74, 6) is 1.29. The molecule has 0 unspecified atom stereocenters. The molecular formula is C14H10Cl2N4O2. The maximum Gasteiger partial charge on any atom is 0.305 e. The maximum absolute atomic E-state index is 5.95. The predicted molar refractivity (Wildman–Crippen MR) is 81.1 cm³/mol. The van der Waals surface area contributed by atoms with E-state index in [0.717, 1.165) is 0 Å². The monoisotopic (exact) mass is 336 g/mol. The van der Waals surface area contributed by atoms with Crippen LogP contribution in [0.2, 0.25) is 10.0 Å². The first-order valence-electron chi connectivity index (χ1n) is 6.28. The van der Waals surface area contributed by atoms with Gasteiger partial charge in [0.25, 0.3) is 5.82 Å². The van der Waals surface area contributed by atoms with Crippen LogP contribution < -0.4 is 9.47 Å². The third kappa shape index (κ3) is 3.66. The van der Waals surface area contributed by atoms with Crippen LogP contribution in [0.4, 0.5) is 0 Å². The molecule has 22 heavy (non-hydrogen) atoms. The summed E-state index contributed by atoms with van der Waals surface area (Å²) in [6.45, 7) is 0. The number of nitrogens with one attached hydrogen (secondary N) is 1. The minimum Gasteiger partial charge on any atom is -0.447 e. The Hall–Kier alpha value is -2.31. The van der Waals surface area contributed by atoms with Crippen molar-refractivity contribution in [3.63, 3.8) is 0 Å². The number of hydrogen-bond acceptors (Lipinski definition) is 5. The summed E-state index contributed by atoms with van der Waals surface area (Å²) < 4.78 is 11.5. The van der Waals surface area contributed by atoms with E-state index in [9.17, 15) is 0 Å². The number of tetrazole rings is 1. The van der Waals surface area contributed by atoms with Crippen molar-refractivity contribution in [3.8, 4) is 11.5 Å². The zero-order valence-electron chi connectivity index (χ0n) is 11.1. The molecule has 3 rings (SSSR count). The molecule has 0 bridgehead atoms. The Bertz CT molecular complexity index is 705. The van der Waals surface area contributed by atoms with Gasteiger partial charge < -0.3 is 9.47 Å².